The van der Waals surface area contributed by atoms with Gasteiger partial charge in [-0.1, -0.05) is 37.9 Å². The summed E-state index contributed by atoms with van der Waals surface area (Å²) in [6.07, 6.45) is 1.65. The second-order valence-corrected chi connectivity index (χ2v) is 4.03. The summed E-state index contributed by atoms with van der Waals surface area (Å²) in [4.78, 5) is 20.9. The monoisotopic (exact) mass is 222 g/mol. The number of aliphatic carboxylic acids is 1. The molecule has 0 fully saturated rings. The quantitative estimate of drug-likeness (QED) is 0.530. The first kappa shape index (κ1) is 13.4. The second kappa shape index (κ2) is 7.79. The summed E-state index contributed by atoms with van der Waals surface area (Å²) in [5.41, 5.74) is 0. The molecule has 0 saturated heterocycles. The molecule has 0 aromatic rings. The van der Waals surface area contributed by atoms with Crippen LogP contribution in [0.3, 0.4) is 0 Å². The Balaban J connectivity index is 3.49. The molecule has 1 atom stereocenters. The fourth-order valence-electron chi connectivity index (χ4n) is 0.876. The average molecular weight is 222 g/mol. The maximum atomic E-state index is 12.5. The number of alkyl halides is 1. The van der Waals surface area contributed by atoms with Gasteiger partial charge in [0.25, 0.3) is 6.17 Å². The van der Waals surface area contributed by atoms with Crippen LogP contribution < -0.4 is 0 Å². The van der Waals surface area contributed by atoms with Crippen LogP contribution >= 0.6 is 11.8 Å². The van der Waals surface area contributed by atoms with Crippen molar-refractivity contribution in [1.82, 2.24) is 0 Å². The molecule has 1 N–H and O–H groups in total. The van der Waals surface area contributed by atoms with Gasteiger partial charge in [-0.3, -0.25) is 4.79 Å². The lowest BCUT2D eigenvalue weighted by atomic mass is 10.2. The van der Waals surface area contributed by atoms with Gasteiger partial charge in [0.15, 0.2) is 0 Å². The number of carbonyl (C=O) groups excluding carboxylic acids is 1. The third kappa shape index (κ3) is 5.96. The molecule has 0 spiro atoms. The molecule has 0 saturated carbocycles. The number of carboxylic acid groups (broad SMARTS) is 1. The summed E-state index contributed by atoms with van der Waals surface area (Å²) in [6.45, 7) is 2.07. The van der Waals surface area contributed by atoms with E-state index in [1.807, 2.05) is 0 Å². The van der Waals surface area contributed by atoms with Crippen molar-refractivity contribution >= 4 is 22.8 Å². The molecule has 0 bridgehead atoms. The zero-order valence-corrected chi connectivity index (χ0v) is 8.98. The molecule has 1 unspecified atom stereocenters. The number of thioether (sulfide) groups is 1. The van der Waals surface area contributed by atoms with Gasteiger partial charge in [-0.2, -0.15) is 0 Å². The third-order valence-corrected chi connectivity index (χ3v) is 2.65. The van der Waals surface area contributed by atoms with Gasteiger partial charge in [-0.05, 0) is 6.42 Å². The predicted octanol–water partition coefficient (Wildman–Crippen LogP) is 2.25. The predicted molar refractivity (Wildman–Crippen MR) is 54.1 cm³/mol. The topological polar surface area (TPSA) is 54.4 Å². The van der Waals surface area contributed by atoms with E-state index in [1.165, 1.54) is 0 Å². The molecule has 0 heterocycles. The van der Waals surface area contributed by atoms with Crippen molar-refractivity contribution in [3.8, 4) is 0 Å². The van der Waals surface area contributed by atoms with Crippen LogP contribution in [-0.4, -0.2) is 28.1 Å². The molecule has 0 radical (unpaired) electrons. The smallest absolute Gasteiger partial charge is 0.347 e. The van der Waals surface area contributed by atoms with Gasteiger partial charge < -0.3 is 5.11 Å². The summed E-state index contributed by atoms with van der Waals surface area (Å²) < 4.78 is 12.5. The molecular weight excluding hydrogens is 207 g/mol. The van der Waals surface area contributed by atoms with Crippen molar-refractivity contribution in [2.24, 2.45) is 0 Å². The zero-order valence-electron chi connectivity index (χ0n) is 8.16. The van der Waals surface area contributed by atoms with Crippen LogP contribution in [0.4, 0.5) is 4.39 Å². The van der Waals surface area contributed by atoms with E-state index in [0.29, 0.717) is 5.75 Å². The van der Waals surface area contributed by atoms with Crippen LogP contribution in [0.25, 0.3) is 0 Å². The lowest BCUT2D eigenvalue weighted by molar-refractivity contribution is -0.145. The van der Waals surface area contributed by atoms with Crippen LogP contribution in [0.5, 0.6) is 0 Å². The van der Waals surface area contributed by atoms with E-state index in [2.05, 4.69) is 6.92 Å². The standard InChI is InChI=1S/C9H15FO3S/c1-2-3-4-5-6-14-9(13)7(10)8(11)12/h7H,2-6H2,1H3,(H,11,12). The van der Waals surface area contributed by atoms with E-state index in [9.17, 15) is 14.0 Å². The normalized spacial score (nSPS) is 12.4. The van der Waals surface area contributed by atoms with Gasteiger partial charge in [0.05, 0.1) is 0 Å². The van der Waals surface area contributed by atoms with E-state index in [4.69, 9.17) is 5.11 Å². The van der Waals surface area contributed by atoms with E-state index >= 15 is 0 Å². The summed E-state index contributed by atoms with van der Waals surface area (Å²) in [5, 5.41) is 7.29. The minimum Gasteiger partial charge on any atom is -0.479 e. The molecule has 0 aromatic heterocycles. The number of carboxylic acids is 1. The largest absolute Gasteiger partial charge is 0.479 e. The Morgan fingerprint density at radius 2 is 2.00 bits per heavy atom. The summed E-state index contributed by atoms with van der Waals surface area (Å²) in [7, 11) is 0. The van der Waals surface area contributed by atoms with Crippen molar-refractivity contribution in [2.45, 2.75) is 38.8 Å². The van der Waals surface area contributed by atoms with Gasteiger partial charge in [0, 0.05) is 5.75 Å². The molecule has 3 nitrogen and oxygen atoms in total. The molecule has 0 amide bonds. The van der Waals surface area contributed by atoms with Gasteiger partial charge >= 0.3 is 5.97 Å². The first-order chi connectivity index (χ1) is 6.59. The number of unbranched alkanes of at least 4 members (excludes halogenated alkanes) is 3. The number of hydrogen-bond acceptors (Lipinski definition) is 3. The summed E-state index contributed by atoms with van der Waals surface area (Å²) >= 11 is 0.769. The maximum Gasteiger partial charge on any atom is 0.347 e. The van der Waals surface area contributed by atoms with Crippen molar-refractivity contribution in [2.75, 3.05) is 5.75 Å². The number of carbonyl (C=O) groups is 2. The van der Waals surface area contributed by atoms with Crippen LogP contribution in [0.2, 0.25) is 0 Å². The minimum absolute atomic E-state index is 0.506. The molecule has 0 aliphatic heterocycles. The number of halogens is 1. The zero-order chi connectivity index (χ0) is 11.0. The summed E-state index contributed by atoms with van der Waals surface area (Å²) in [5.74, 6) is -1.19. The van der Waals surface area contributed by atoms with E-state index in [-0.39, 0.29) is 0 Å². The molecular formula is C9H15FO3S. The Labute approximate surface area is 87.1 Å². The molecule has 82 valence electrons. The highest BCUT2D eigenvalue weighted by molar-refractivity contribution is 8.13. The third-order valence-electron chi connectivity index (χ3n) is 1.67. The lowest BCUT2D eigenvalue weighted by Gasteiger charge is -2.01. The maximum absolute atomic E-state index is 12.5. The molecule has 14 heavy (non-hydrogen) atoms. The van der Waals surface area contributed by atoms with Gasteiger partial charge in [0.1, 0.15) is 0 Å². The Morgan fingerprint density at radius 1 is 1.36 bits per heavy atom. The van der Waals surface area contributed by atoms with Crippen molar-refractivity contribution < 1.29 is 19.1 Å². The van der Waals surface area contributed by atoms with E-state index in [0.717, 1.165) is 37.4 Å². The number of rotatable bonds is 7. The Morgan fingerprint density at radius 3 is 2.50 bits per heavy atom. The fourth-order valence-corrected chi connectivity index (χ4v) is 1.67. The molecule has 5 heteroatoms. The van der Waals surface area contributed by atoms with E-state index < -0.39 is 17.3 Å². The molecule has 0 rings (SSSR count). The second-order valence-electron chi connectivity index (χ2n) is 2.93. The molecule has 0 aliphatic rings. The van der Waals surface area contributed by atoms with E-state index in [1.54, 1.807) is 0 Å². The van der Waals surface area contributed by atoms with Crippen molar-refractivity contribution in [1.29, 1.82) is 0 Å². The highest BCUT2D eigenvalue weighted by Gasteiger charge is 2.25. The van der Waals surface area contributed by atoms with Gasteiger partial charge in [0.2, 0.25) is 5.12 Å². The Kier molecular flexibility index (Phi) is 7.47. The number of hydrogen-bond donors (Lipinski definition) is 1. The average Bonchev–Trinajstić information content (AvgIpc) is 2.16. The highest BCUT2D eigenvalue weighted by Crippen LogP contribution is 2.12. The van der Waals surface area contributed by atoms with Gasteiger partial charge in [-0.25, -0.2) is 9.18 Å². The fraction of sp³-hybridized carbons (Fsp3) is 0.778. The van der Waals surface area contributed by atoms with Crippen LogP contribution in [0.1, 0.15) is 32.6 Å². The summed E-state index contributed by atoms with van der Waals surface area (Å²) in [6, 6.07) is 0. The molecule has 0 aromatic carbocycles. The minimum atomic E-state index is -2.37. The van der Waals surface area contributed by atoms with Crippen molar-refractivity contribution in [3.63, 3.8) is 0 Å². The van der Waals surface area contributed by atoms with Crippen LogP contribution in [0.15, 0.2) is 0 Å². The first-order valence-corrected chi connectivity index (χ1v) is 5.61. The lowest BCUT2D eigenvalue weighted by Crippen LogP contribution is -2.22. The molecule has 0 aliphatic carbocycles. The Bertz CT molecular complexity index is 196. The first-order valence-electron chi connectivity index (χ1n) is 4.63. The Hall–Kier alpha value is -0.580. The highest BCUT2D eigenvalue weighted by atomic mass is 32.2. The van der Waals surface area contributed by atoms with Gasteiger partial charge in [-0.15, -0.1) is 0 Å². The van der Waals surface area contributed by atoms with Crippen LogP contribution in [0, 0.1) is 0 Å². The van der Waals surface area contributed by atoms with Crippen LogP contribution in [-0.2, 0) is 9.59 Å². The SMILES string of the molecule is CCCCCCSC(=O)C(F)C(=O)O. The van der Waals surface area contributed by atoms with Crippen molar-refractivity contribution in [3.05, 3.63) is 0 Å².